The number of rotatable bonds is 8. The molecule has 30 heavy (non-hydrogen) atoms. The van der Waals surface area contributed by atoms with Gasteiger partial charge in [-0.2, -0.15) is 0 Å². The first-order valence-electron chi connectivity index (χ1n) is 9.77. The number of ether oxygens (including phenoxy) is 1. The van der Waals surface area contributed by atoms with Crippen molar-refractivity contribution in [1.82, 2.24) is 15.0 Å². The van der Waals surface area contributed by atoms with E-state index in [1.165, 1.54) is 0 Å². The fourth-order valence-corrected chi connectivity index (χ4v) is 2.94. The Hall–Kier alpha value is -3.93. The van der Waals surface area contributed by atoms with Crippen LogP contribution in [-0.4, -0.2) is 15.0 Å². The van der Waals surface area contributed by atoms with E-state index >= 15 is 0 Å². The van der Waals surface area contributed by atoms with Crippen molar-refractivity contribution in [1.29, 1.82) is 0 Å². The van der Waals surface area contributed by atoms with Crippen molar-refractivity contribution in [3.63, 3.8) is 0 Å². The highest BCUT2D eigenvalue weighted by atomic mass is 16.5. The van der Waals surface area contributed by atoms with Crippen LogP contribution in [0.3, 0.4) is 0 Å². The molecule has 0 saturated carbocycles. The molecule has 0 radical (unpaired) electrons. The monoisotopic (exact) mass is 397 g/mol. The molecular weight excluding hydrogens is 374 g/mol. The first-order chi connectivity index (χ1) is 14.7. The molecule has 0 aliphatic heterocycles. The quantitative estimate of drug-likeness (QED) is 0.430. The predicted molar refractivity (Wildman–Crippen MR) is 119 cm³/mol. The maximum absolute atomic E-state index is 5.84. The van der Waals surface area contributed by atoms with E-state index in [-0.39, 0.29) is 0 Å². The lowest BCUT2D eigenvalue weighted by molar-refractivity contribution is 0.306. The fraction of sp³-hybridized carbons (Fsp3) is 0.125. The summed E-state index contributed by atoms with van der Waals surface area (Å²) in [5.41, 5.74) is 3.16. The van der Waals surface area contributed by atoms with Crippen LogP contribution in [0, 0.1) is 6.92 Å². The molecular formula is C24H23N5O. The Balaban J connectivity index is 1.37. The van der Waals surface area contributed by atoms with Crippen LogP contribution in [0.4, 0.5) is 17.3 Å². The van der Waals surface area contributed by atoms with E-state index in [1.54, 1.807) is 6.20 Å². The summed E-state index contributed by atoms with van der Waals surface area (Å²) < 4.78 is 5.84. The van der Waals surface area contributed by atoms with Gasteiger partial charge in [-0.1, -0.05) is 36.4 Å². The zero-order valence-electron chi connectivity index (χ0n) is 16.7. The predicted octanol–water partition coefficient (Wildman–Crippen LogP) is 5.11. The standard InChI is InChI=1S/C24H23N5O/c1-18-27-23(26-16-20-8-5-13-25-15-20)14-24(28-18)29-21-9-11-22(12-10-21)30-17-19-6-3-2-4-7-19/h2-15H,16-17H2,1H3,(H2,26,27,28,29). The number of aryl methyl sites for hydroxylation is 1. The third-order valence-electron chi connectivity index (χ3n) is 4.41. The van der Waals surface area contributed by atoms with Crippen LogP contribution < -0.4 is 15.4 Å². The number of nitrogens with one attached hydrogen (secondary N) is 2. The molecule has 0 amide bonds. The lowest BCUT2D eigenvalue weighted by Gasteiger charge is -2.11. The highest BCUT2D eigenvalue weighted by molar-refractivity contribution is 5.60. The molecule has 150 valence electrons. The SMILES string of the molecule is Cc1nc(NCc2cccnc2)cc(Nc2ccc(OCc3ccccc3)cc2)n1. The van der Waals surface area contributed by atoms with Crippen molar-refractivity contribution >= 4 is 17.3 Å². The zero-order chi connectivity index (χ0) is 20.6. The van der Waals surface area contributed by atoms with E-state index in [2.05, 4.69) is 25.6 Å². The summed E-state index contributed by atoms with van der Waals surface area (Å²) in [6.45, 7) is 3.07. The van der Waals surface area contributed by atoms with E-state index in [4.69, 9.17) is 4.74 Å². The Kier molecular flexibility index (Phi) is 6.15. The smallest absolute Gasteiger partial charge is 0.136 e. The summed E-state index contributed by atoms with van der Waals surface area (Å²) >= 11 is 0. The topological polar surface area (TPSA) is 72.0 Å². The van der Waals surface area contributed by atoms with Crippen molar-refractivity contribution < 1.29 is 4.74 Å². The summed E-state index contributed by atoms with van der Waals surface area (Å²) in [7, 11) is 0. The molecule has 2 heterocycles. The van der Waals surface area contributed by atoms with Crippen molar-refractivity contribution in [2.75, 3.05) is 10.6 Å². The molecule has 0 atom stereocenters. The second kappa shape index (κ2) is 9.52. The molecule has 4 rings (SSSR count). The molecule has 2 aromatic carbocycles. The van der Waals surface area contributed by atoms with Gasteiger partial charge in [-0.05, 0) is 48.4 Å². The van der Waals surface area contributed by atoms with E-state index in [9.17, 15) is 0 Å². The molecule has 0 aliphatic carbocycles. The van der Waals surface area contributed by atoms with Gasteiger partial charge in [0, 0.05) is 30.7 Å². The van der Waals surface area contributed by atoms with Gasteiger partial charge in [0.25, 0.3) is 0 Å². The van der Waals surface area contributed by atoms with Crippen LogP contribution in [0.2, 0.25) is 0 Å². The van der Waals surface area contributed by atoms with Gasteiger partial charge in [0.1, 0.15) is 29.8 Å². The molecule has 2 N–H and O–H groups in total. The average molecular weight is 397 g/mol. The van der Waals surface area contributed by atoms with Gasteiger partial charge in [0.2, 0.25) is 0 Å². The maximum Gasteiger partial charge on any atom is 0.136 e. The van der Waals surface area contributed by atoms with Crippen LogP contribution in [0.25, 0.3) is 0 Å². The number of hydrogen-bond donors (Lipinski definition) is 2. The van der Waals surface area contributed by atoms with Crippen molar-refractivity contribution in [3.8, 4) is 5.75 Å². The maximum atomic E-state index is 5.84. The van der Waals surface area contributed by atoms with E-state index in [1.807, 2.05) is 85.9 Å². The number of anilines is 3. The third kappa shape index (κ3) is 5.54. The summed E-state index contributed by atoms with van der Waals surface area (Å²) in [6, 6.07) is 23.8. The molecule has 0 fully saturated rings. The van der Waals surface area contributed by atoms with Gasteiger partial charge in [0.15, 0.2) is 0 Å². The normalized spacial score (nSPS) is 10.4. The van der Waals surface area contributed by atoms with Gasteiger partial charge in [-0.15, -0.1) is 0 Å². The molecule has 0 spiro atoms. The molecule has 6 nitrogen and oxygen atoms in total. The second-order valence-electron chi connectivity index (χ2n) is 6.82. The first-order valence-corrected chi connectivity index (χ1v) is 9.77. The Bertz CT molecular complexity index is 1070. The Morgan fingerprint density at radius 2 is 1.60 bits per heavy atom. The third-order valence-corrected chi connectivity index (χ3v) is 4.41. The van der Waals surface area contributed by atoms with Crippen molar-refractivity contribution in [3.05, 3.63) is 102 Å². The van der Waals surface area contributed by atoms with Crippen LogP contribution >= 0.6 is 0 Å². The molecule has 6 heteroatoms. The van der Waals surface area contributed by atoms with Crippen molar-refractivity contribution in [2.24, 2.45) is 0 Å². The molecule has 0 aliphatic rings. The van der Waals surface area contributed by atoms with Crippen LogP contribution in [-0.2, 0) is 13.2 Å². The average Bonchev–Trinajstić information content (AvgIpc) is 2.78. The van der Waals surface area contributed by atoms with E-state index in [0.29, 0.717) is 19.0 Å². The van der Waals surface area contributed by atoms with E-state index in [0.717, 1.165) is 34.2 Å². The Morgan fingerprint density at radius 3 is 2.37 bits per heavy atom. The van der Waals surface area contributed by atoms with Crippen molar-refractivity contribution in [2.45, 2.75) is 20.1 Å². The number of nitrogens with zero attached hydrogens (tertiary/aromatic N) is 3. The van der Waals surface area contributed by atoms with Gasteiger partial charge in [0.05, 0.1) is 0 Å². The molecule has 0 unspecified atom stereocenters. The lowest BCUT2D eigenvalue weighted by Crippen LogP contribution is -2.05. The minimum Gasteiger partial charge on any atom is -0.489 e. The second-order valence-corrected chi connectivity index (χ2v) is 6.82. The minimum atomic E-state index is 0.546. The molecule has 4 aromatic rings. The number of hydrogen-bond acceptors (Lipinski definition) is 6. The van der Waals surface area contributed by atoms with Crippen LogP contribution in [0.15, 0.2) is 85.2 Å². The zero-order valence-corrected chi connectivity index (χ0v) is 16.7. The lowest BCUT2D eigenvalue weighted by atomic mass is 10.2. The molecule has 0 bridgehead atoms. The summed E-state index contributed by atoms with van der Waals surface area (Å²) in [5.74, 6) is 3.00. The van der Waals surface area contributed by atoms with E-state index < -0.39 is 0 Å². The first kappa shape index (κ1) is 19.4. The van der Waals surface area contributed by atoms with Gasteiger partial charge in [-0.25, -0.2) is 9.97 Å². The number of pyridine rings is 1. The fourth-order valence-electron chi connectivity index (χ4n) is 2.94. The number of benzene rings is 2. The Morgan fingerprint density at radius 1 is 0.833 bits per heavy atom. The van der Waals surface area contributed by atoms with Crippen LogP contribution in [0.1, 0.15) is 17.0 Å². The van der Waals surface area contributed by atoms with Crippen LogP contribution in [0.5, 0.6) is 5.75 Å². The summed E-state index contributed by atoms with van der Waals surface area (Å²) in [4.78, 5) is 13.1. The van der Waals surface area contributed by atoms with Gasteiger partial charge >= 0.3 is 0 Å². The summed E-state index contributed by atoms with van der Waals surface area (Å²) in [5, 5.41) is 6.64. The Labute approximate surface area is 176 Å². The van der Waals surface area contributed by atoms with Gasteiger partial charge < -0.3 is 15.4 Å². The molecule has 0 saturated heterocycles. The highest BCUT2D eigenvalue weighted by Crippen LogP contribution is 2.21. The largest absolute Gasteiger partial charge is 0.489 e. The number of aromatic nitrogens is 3. The molecule has 2 aromatic heterocycles. The highest BCUT2D eigenvalue weighted by Gasteiger charge is 2.04. The summed E-state index contributed by atoms with van der Waals surface area (Å²) in [6.07, 6.45) is 3.60. The van der Waals surface area contributed by atoms with Gasteiger partial charge in [-0.3, -0.25) is 4.98 Å². The minimum absolute atomic E-state index is 0.546.